The molecule has 0 aliphatic heterocycles. The highest BCUT2D eigenvalue weighted by Crippen LogP contribution is 2.08. The maximum absolute atomic E-state index is 11.6. The smallest absolute Gasteiger partial charge is 0.328 e. The van der Waals surface area contributed by atoms with Gasteiger partial charge >= 0.3 is 5.97 Å². The van der Waals surface area contributed by atoms with Gasteiger partial charge in [0.05, 0.1) is 0 Å². The number of rotatable bonds is 6. The third-order valence-electron chi connectivity index (χ3n) is 2.37. The van der Waals surface area contributed by atoms with Crippen molar-refractivity contribution in [1.82, 2.24) is 10.6 Å². The van der Waals surface area contributed by atoms with Crippen molar-refractivity contribution in [3.63, 3.8) is 0 Å². The predicted octanol–water partition coefficient (Wildman–Crippen LogP) is 2.81. The number of guanidine groups is 1. The fourth-order valence-electron chi connectivity index (χ4n) is 1.62. The fourth-order valence-corrected chi connectivity index (χ4v) is 2.33. The number of aliphatic imine (C=N–C) groups is 1. The van der Waals surface area contributed by atoms with Gasteiger partial charge in [-0.25, -0.2) is 4.99 Å². The van der Waals surface area contributed by atoms with Gasteiger partial charge in [-0.3, -0.25) is 4.79 Å². The molecule has 1 aromatic rings. The van der Waals surface area contributed by atoms with Crippen LogP contribution in [0.1, 0.15) is 32.6 Å². The van der Waals surface area contributed by atoms with Crippen LogP contribution in [-0.4, -0.2) is 37.2 Å². The summed E-state index contributed by atoms with van der Waals surface area (Å²) in [7, 11) is 0. The number of ether oxygens (including phenoxy) is 1. The van der Waals surface area contributed by atoms with Crippen LogP contribution in [0.25, 0.3) is 0 Å². The van der Waals surface area contributed by atoms with Crippen molar-refractivity contribution in [3.8, 4) is 0 Å². The molecule has 0 aromatic carbocycles. The molecule has 0 radical (unpaired) electrons. The minimum Gasteiger partial charge on any atom is -0.459 e. The van der Waals surface area contributed by atoms with E-state index in [0.717, 1.165) is 19.5 Å². The third-order valence-corrected chi connectivity index (χ3v) is 3.31. The van der Waals surface area contributed by atoms with Crippen LogP contribution >= 0.6 is 35.3 Å². The second-order valence-electron chi connectivity index (χ2n) is 5.54. The van der Waals surface area contributed by atoms with E-state index in [0.29, 0.717) is 5.96 Å². The molecule has 1 aromatic heterocycles. The summed E-state index contributed by atoms with van der Waals surface area (Å²) in [6, 6.07) is 4.15. The number of hydrogen-bond acceptors (Lipinski definition) is 4. The quantitative estimate of drug-likeness (QED) is 0.310. The van der Waals surface area contributed by atoms with E-state index in [1.807, 2.05) is 33.8 Å². The SMILES string of the molecule is CCNC(=NCC(=O)OC(C)(C)C)NCCc1cccs1.I. The number of halogens is 1. The topological polar surface area (TPSA) is 62.7 Å². The first-order chi connectivity index (χ1) is 9.90. The number of carbonyl (C=O) groups excluding carboxylic acids is 1. The van der Waals surface area contributed by atoms with E-state index in [-0.39, 0.29) is 36.5 Å². The summed E-state index contributed by atoms with van der Waals surface area (Å²) in [5.74, 6) is 0.317. The summed E-state index contributed by atoms with van der Waals surface area (Å²) in [5.41, 5.74) is -0.475. The lowest BCUT2D eigenvalue weighted by Gasteiger charge is -2.19. The normalized spacial score (nSPS) is 11.5. The Labute approximate surface area is 154 Å². The lowest BCUT2D eigenvalue weighted by Crippen LogP contribution is -2.39. The second kappa shape index (κ2) is 10.8. The van der Waals surface area contributed by atoms with Crippen molar-refractivity contribution in [1.29, 1.82) is 0 Å². The van der Waals surface area contributed by atoms with Crippen molar-refractivity contribution >= 4 is 47.2 Å². The Bertz CT molecular complexity index is 456. The average molecular weight is 439 g/mol. The van der Waals surface area contributed by atoms with Gasteiger partial charge in [-0.05, 0) is 45.6 Å². The third kappa shape index (κ3) is 9.99. The monoisotopic (exact) mass is 439 g/mol. The van der Waals surface area contributed by atoms with Crippen LogP contribution in [0.15, 0.2) is 22.5 Å². The van der Waals surface area contributed by atoms with Gasteiger partial charge < -0.3 is 15.4 Å². The minimum absolute atomic E-state index is 0. The standard InChI is InChI=1S/C15H25N3O2S.HI/c1-5-16-14(17-9-8-12-7-6-10-21-12)18-11-13(19)20-15(2,3)4;/h6-7,10H,5,8-9,11H2,1-4H3,(H2,16,17,18);1H. The number of esters is 1. The lowest BCUT2D eigenvalue weighted by atomic mass is 10.2. The number of carbonyl (C=O) groups is 1. The lowest BCUT2D eigenvalue weighted by molar-refractivity contribution is -0.152. The molecule has 0 aliphatic rings. The molecule has 22 heavy (non-hydrogen) atoms. The molecule has 7 heteroatoms. The first kappa shape index (κ1) is 21.2. The molecule has 0 saturated heterocycles. The summed E-state index contributed by atoms with van der Waals surface area (Å²) in [5, 5.41) is 8.40. The van der Waals surface area contributed by atoms with Gasteiger partial charge in [0.25, 0.3) is 0 Å². The number of nitrogens with zero attached hydrogens (tertiary/aromatic N) is 1. The first-order valence-electron chi connectivity index (χ1n) is 7.17. The van der Waals surface area contributed by atoms with Crippen LogP contribution in [0.5, 0.6) is 0 Å². The van der Waals surface area contributed by atoms with Gasteiger partial charge in [0.1, 0.15) is 12.1 Å². The van der Waals surface area contributed by atoms with E-state index in [1.165, 1.54) is 4.88 Å². The molecule has 0 fully saturated rings. The van der Waals surface area contributed by atoms with Crippen molar-refractivity contribution < 1.29 is 9.53 Å². The molecule has 0 saturated carbocycles. The highest BCUT2D eigenvalue weighted by Gasteiger charge is 2.15. The van der Waals surface area contributed by atoms with Gasteiger partial charge in [0, 0.05) is 18.0 Å². The largest absolute Gasteiger partial charge is 0.459 e. The molecule has 1 heterocycles. The number of thiophene rings is 1. The van der Waals surface area contributed by atoms with E-state index in [4.69, 9.17) is 4.74 Å². The zero-order chi connectivity index (χ0) is 15.7. The van der Waals surface area contributed by atoms with Crippen LogP contribution in [0.4, 0.5) is 0 Å². The minimum atomic E-state index is -0.475. The summed E-state index contributed by atoms with van der Waals surface area (Å²) in [4.78, 5) is 17.2. The average Bonchev–Trinajstić information content (AvgIpc) is 2.87. The molecule has 0 spiro atoms. The summed E-state index contributed by atoms with van der Waals surface area (Å²) in [6.45, 7) is 9.08. The maximum atomic E-state index is 11.6. The van der Waals surface area contributed by atoms with Crippen LogP contribution in [0.2, 0.25) is 0 Å². The van der Waals surface area contributed by atoms with Crippen LogP contribution in [0.3, 0.4) is 0 Å². The van der Waals surface area contributed by atoms with Gasteiger partial charge in [-0.2, -0.15) is 0 Å². The van der Waals surface area contributed by atoms with E-state index < -0.39 is 5.60 Å². The zero-order valence-corrected chi connectivity index (χ0v) is 16.8. The van der Waals surface area contributed by atoms with E-state index in [2.05, 4.69) is 27.1 Å². The van der Waals surface area contributed by atoms with Gasteiger partial charge in [0.2, 0.25) is 0 Å². The Morgan fingerprint density at radius 3 is 2.64 bits per heavy atom. The fraction of sp³-hybridized carbons (Fsp3) is 0.600. The molecule has 0 unspecified atom stereocenters. The van der Waals surface area contributed by atoms with Crippen molar-refractivity contribution in [2.45, 2.75) is 39.7 Å². The predicted molar refractivity (Wildman–Crippen MR) is 103 cm³/mol. The molecule has 0 amide bonds. The summed E-state index contributed by atoms with van der Waals surface area (Å²) in [6.07, 6.45) is 0.939. The molecule has 1 rings (SSSR count). The molecule has 5 nitrogen and oxygen atoms in total. The van der Waals surface area contributed by atoms with E-state index >= 15 is 0 Å². The Hall–Kier alpha value is -0.830. The van der Waals surface area contributed by atoms with E-state index in [1.54, 1.807) is 11.3 Å². The molecule has 126 valence electrons. The van der Waals surface area contributed by atoms with Crippen molar-refractivity contribution in [2.24, 2.45) is 4.99 Å². The molecular formula is C15H26IN3O2S. The number of nitrogens with one attached hydrogen (secondary N) is 2. The highest BCUT2D eigenvalue weighted by atomic mass is 127. The Kier molecular flexibility index (Phi) is 10.4. The Balaban J connectivity index is 0.00000441. The van der Waals surface area contributed by atoms with Crippen LogP contribution in [0, 0.1) is 0 Å². The Morgan fingerprint density at radius 1 is 1.36 bits per heavy atom. The zero-order valence-electron chi connectivity index (χ0n) is 13.6. The first-order valence-corrected chi connectivity index (χ1v) is 8.05. The van der Waals surface area contributed by atoms with Gasteiger partial charge in [-0.1, -0.05) is 6.07 Å². The van der Waals surface area contributed by atoms with Gasteiger partial charge in [-0.15, -0.1) is 35.3 Å². The summed E-state index contributed by atoms with van der Waals surface area (Å²) >= 11 is 1.74. The number of hydrogen-bond donors (Lipinski definition) is 2. The molecular weight excluding hydrogens is 413 g/mol. The summed E-state index contributed by atoms with van der Waals surface area (Å²) < 4.78 is 5.23. The molecule has 0 aliphatic carbocycles. The van der Waals surface area contributed by atoms with Gasteiger partial charge in [0.15, 0.2) is 5.96 Å². The molecule has 2 N–H and O–H groups in total. The van der Waals surface area contributed by atoms with Crippen molar-refractivity contribution in [2.75, 3.05) is 19.6 Å². The second-order valence-corrected chi connectivity index (χ2v) is 6.57. The van der Waals surface area contributed by atoms with Crippen LogP contribution in [-0.2, 0) is 16.0 Å². The van der Waals surface area contributed by atoms with Crippen LogP contribution < -0.4 is 10.6 Å². The molecule has 0 bridgehead atoms. The molecule has 0 atom stereocenters. The maximum Gasteiger partial charge on any atom is 0.328 e. The highest BCUT2D eigenvalue weighted by molar-refractivity contribution is 14.0. The van der Waals surface area contributed by atoms with E-state index in [9.17, 15) is 4.79 Å². The van der Waals surface area contributed by atoms with Crippen molar-refractivity contribution in [3.05, 3.63) is 22.4 Å². The Morgan fingerprint density at radius 2 is 2.09 bits per heavy atom.